The van der Waals surface area contributed by atoms with Crippen LogP contribution in [0.2, 0.25) is 0 Å². The highest BCUT2D eigenvalue weighted by Crippen LogP contribution is 2.47. The number of nitrogens with one attached hydrogen (secondary N) is 2. The molecule has 25 heavy (non-hydrogen) atoms. The summed E-state index contributed by atoms with van der Waals surface area (Å²) in [5.74, 6) is 0.982. The fraction of sp³-hybridized carbons (Fsp3) is 0.556. The summed E-state index contributed by atoms with van der Waals surface area (Å²) < 4.78 is 4.58. The van der Waals surface area contributed by atoms with E-state index in [1.54, 1.807) is 0 Å². The molecule has 1 heterocycles. The molecule has 1 aliphatic heterocycles. The van der Waals surface area contributed by atoms with Gasteiger partial charge in [0, 0.05) is 32.4 Å². The van der Waals surface area contributed by atoms with Crippen LogP contribution in [-0.4, -0.2) is 44.2 Å². The molecule has 0 unspecified atom stereocenters. The van der Waals surface area contributed by atoms with Crippen molar-refractivity contribution in [2.24, 2.45) is 10.4 Å². The maximum absolute atomic E-state index is 11.2. The number of guanidine groups is 1. The average molecular weight is 458 g/mol. The molecule has 1 saturated heterocycles. The van der Waals surface area contributed by atoms with Crippen LogP contribution in [-0.2, 0) is 11.3 Å². The van der Waals surface area contributed by atoms with Crippen LogP contribution in [0.3, 0.4) is 0 Å². The standard InChI is InChI=1S/C18H26N4O2.HI/c1-19-16(22-11-10-18(13-22)8-3-9-18)20-12-14-4-6-15(7-5-14)21-17(23)24-2;/h4-7H,3,8-13H2,1-2H3,(H,19,20)(H,21,23);1H. The number of hydrogen-bond donors (Lipinski definition) is 2. The molecule has 3 rings (SSSR count). The molecule has 0 atom stereocenters. The van der Waals surface area contributed by atoms with E-state index in [4.69, 9.17) is 0 Å². The Bertz CT molecular complexity index is 614. The van der Waals surface area contributed by atoms with Crippen LogP contribution in [0.5, 0.6) is 0 Å². The highest BCUT2D eigenvalue weighted by Gasteiger charge is 2.43. The minimum absolute atomic E-state index is 0. The molecule has 0 aromatic heterocycles. The van der Waals surface area contributed by atoms with Crippen molar-refractivity contribution in [1.29, 1.82) is 0 Å². The smallest absolute Gasteiger partial charge is 0.411 e. The van der Waals surface area contributed by atoms with E-state index in [-0.39, 0.29) is 24.0 Å². The first kappa shape index (κ1) is 19.8. The zero-order chi connectivity index (χ0) is 17.0. The van der Waals surface area contributed by atoms with Crippen LogP contribution < -0.4 is 10.6 Å². The van der Waals surface area contributed by atoms with Crippen molar-refractivity contribution in [3.05, 3.63) is 29.8 Å². The summed E-state index contributed by atoms with van der Waals surface area (Å²) in [6.45, 7) is 2.95. The lowest BCUT2D eigenvalue weighted by Gasteiger charge is -2.38. The molecule has 0 radical (unpaired) electrons. The number of halogens is 1. The van der Waals surface area contributed by atoms with E-state index < -0.39 is 6.09 Å². The number of carbonyl (C=O) groups excluding carboxylic acids is 1. The predicted molar refractivity (Wildman–Crippen MR) is 111 cm³/mol. The molecule has 1 saturated carbocycles. The Hall–Kier alpha value is -1.51. The van der Waals surface area contributed by atoms with Crippen LogP contribution in [0.15, 0.2) is 29.3 Å². The number of amides is 1. The average Bonchev–Trinajstić information content (AvgIpc) is 3.03. The molecular weight excluding hydrogens is 431 g/mol. The fourth-order valence-electron chi connectivity index (χ4n) is 3.59. The normalized spacial score (nSPS) is 18.3. The molecule has 0 bridgehead atoms. The molecule has 1 aromatic rings. The molecule has 6 nitrogen and oxygen atoms in total. The number of carbonyl (C=O) groups is 1. The van der Waals surface area contributed by atoms with Gasteiger partial charge in [0.25, 0.3) is 0 Å². The number of ether oxygens (including phenoxy) is 1. The van der Waals surface area contributed by atoms with Gasteiger partial charge >= 0.3 is 6.09 Å². The van der Waals surface area contributed by atoms with E-state index in [1.807, 2.05) is 31.3 Å². The lowest BCUT2D eigenvalue weighted by molar-refractivity contribution is 0.151. The second kappa shape index (κ2) is 8.73. The fourth-order valence-corrected chi connectivity index (χ4v) is 3.59. The minimum Gasteiger partial charge on any atom is -0.453 e. The maximum Gasteiger partial charge on any atom is 0.411 e. The quantitative estimate of drug-likeness (QED) is 0.414. The first-order chi connectivity index (χ1) is 11.6. The van der Waals surface area contributed by atoms with Crippen molar-refractivity contribution < 1.29 is 9.53 Å². The van der Waals surface area contributed by atoms with E-state index >= 15 is 0 Å². The third-order valence-corrected chi connectivity index (χ3v) is 5.20. The lowest BCUT2D eigenvalue weighted by Crippen LogP contribution is -2.42. The topological polar surface area (TPSA) is 66.0 Å². The van der Waals surface area contributed by atoms with Crippen molar-refractivity contribution in [2.45, 2.75) is 32.2 Å². The van der Waals surface area contributed by atoms with Gasteiger partial charge in [0.1, 0.15) is 0 Å². The maximum atomic E-state index is 11.2. The summed E-state index contributed by atoms with van der Waals surface area (Å²) in [5, 5.41) is 6.10. The third kappa shape index (κ3) is 4.77. The molecule has 1 aliphatic carbocycles. The second-order valence-electron chi connectivity index (χ2n) is 6.74. The van der Waals surface area contributed by atoms with Gasteiger partial charge in [-0.3, -0.25) is 10.3 Å². The van der Waals surface area contributed by atoms with Crippen molar-refractivity contribution >= 4 is 41.7 Å². The lowest BCUT2D eigenvalue weighted by atomic mass is 9.68. The molecule has 1 spiro atoms. The van der Waals surface area contributed by atoms with Gasteiger partial charge in [-0.05, 0) is 42.4 Å². The summed E-state index contributed by atoms with van der Waals surface area (Å²) >= 11 is 0. The molecule has 1 amide bonds. The predicted octanol–water partition coefficient (Wildman–Crippen LogP) is 3.43. The van der Waals surface area contributed by atoms with Crippen molar-refractivity contribution in [3.63, 3.8) is 0 Å². The van der Waals surface area contributed by atoms with Crippen LogP contribution in [0, 0.1) is 5.41 Å². The van der Waals surface area contributed by atoms with Crippen LogP contribution in [0.1, 0.15) is 31.2 Å². The number of hydrogen-bond acceptors (Lipinski definition) is 3. The number of aliphatic imine (C=N–C) groups is 1. The molecule has 2 aliphatic rings. The first-order valence-corrected chi connectivity index (χ1v) is 8.54. The van der Waals surface area contributed by atoms with E-state index in [9.17, 15) is 4.79 Å². The Labute approximate surface area is 166 Å². The van der Waals surface area contributed by atoms with Gasteiger partial charge in [0.05, 0.1) is 7.11 Å². The summed E-state index contributed by atoms with van der Waals surface area (Å²) in [7, 11) is 3.20. The highest BCUT2D eigenvalue weighted by molar-refractivity contribution is 14.0. The molecule has 138 valence electrons. The minimum atomic E-state index is -0.458. The zero-order valence-corrected chi connectivity index (χ0v) is 17.2. The first-order valence-electron chi connectivity index (χ1n) is 8.54. The summed E-state index contributed by atoms with van der Waals surface area (Å²) in [4.78, 5) is 18.0. The Morgan fingerprint density at radius 2 is 2.00 bits per heavy atom. The number of rotatable bonds is 3. The summed E-state index contributed by atoms with van der Waals surface area (Å²) in [6.07, 6.45) is 4.96. The van der Waals surface area contributed by atoms with Gasteiger partial charge in [-0.2, -0.15) is 0 Å². The summed E-state index contributed by atoms with van der Waals surface area (Å²) in [5.41, 5.74) is 2.43. The van der Waals surface area contributed by atoms with E-state index in [0.717, 1.165) is 30.3 Å². The van der Waals surface area contributed by atoms with Crippen LogP contribution in [0.4, 0.5) is 10.5 Å². The van der Waals surface area contributed by atoms with Crippen molar-refractivity contribution in [2.75, 3.05) is 32.6 Å². The Morgan fingerprint density at radius 3 is 2.52 bits per heavy atom. The van der Waals surface area contributed by atoms with E-state index in [0.29, 0.717) is 12.0 Å². The van der Waals surface area contributed by atoms with Gasteiger partial charge in [0.2, 0.25) is 0 Å². The zero-order valence-electron chi connectivity index (χ0n) is 14.9. The summed E-state index contributed by atoms with van der Waals surface area (Å²) in [6, 6.07) is 7.72. The van der Waals surface area contributed by atoms with Crippen molar-refractivity contribution in [3.8, 4) is 0 Å². The SMILES string of the molecule is CN=C(NCc1ccc(NC(=O)OC)cc1)N1CCC2(CCC2)C1.I. The highest BCUT2D eigenvalue weighted by atomic mass is 127. The van der Waals surface area contributed by atoms with Gasteiger partial charge in [0.15, 0.2) is 5.96 Å². The van der Waals surface area contributed by atoms with E-state index in [2.05, 4.69) is 25.3 Å². The molecule has 2 N–H and O–H groups in total. The number of methoxy groups -OCH3 is 1. The van der Waals surface area contributed by atoms with Crippen molar-refractivity contribution in [1.82, 2.24) is 10.2 Å². The number of benzene rings is 1. The van der Waals surface area contributed by atoms with Gasteiger partial charge in [-0.15, -0.1) is 24.0 Å². The van der Waals surface area contributed by atoms with Crippen LogP contribution in [0.25, 0.3) is 0 Å². The number of anilines is 1. The second-order valence-corrected chi connectivity index (χ2v) is 6.74. The Morgan fingerprint density at radius 1 is 1.28 bits per heavy atom. The van der Waals surface area contributed by atoms with Crippen LogP contribution >= 0.6 is 24.0 Å². The molecule has 7 heteroatoms. The molecular formula is C18H27IN4O2. The Balaban J connectivity index is 0.00000225. The number of nitrogens with zero attached hydrogens (tertiary/aromatic N) is 2. The Kier molecular flexibility index (Phi) is 6.92. The number of likely N-dealkylation sites (tertiary alicyclic amines) is 1. The molecule has 2 fully saturated rings. The molecule has 1 aromatic carbocycles. The van der Waals surface area contributed by atoms with Gasteiger partial charge in [-0.25, -0.2) is 4.79 Å². The van der Waals surface area contributed by atoms with Gasteiger partial charge < -0.3 is 15.0 Å². The largest absolute Gasteiger partial charge is 0.453 e. The monoisotopic (exact) mass is 458 g/mol. The van der Waals surface area contributed by atoms with Gasteiger partial charge in [-0.1, -0.05) is 18.6 Å². The third-order valence-electron chi connectivity index (χ3n) is 5.20. The van der Waals surface area contributed by atoms with E-state index in [1.165, 1.54) is 32.8 Å².